The molecule has 0 radical (unpaired) electrons. The Morgan fingerprint density at radius 1 is 0.943 bits per heavy atom. The van der Waals surface area contributed by atoms with Gasteiger partial charge >= 0.3 is 0 Å². The Kier molecular flexibility index (Phi) is 7.04. The van der Waals surface area contributed by atoms with Crippen LogP contribution in [0.3, 0.4) is 0 Å². The highest BCUT2D eigenvalue weighted by Gasteiger charge is 2.12. The van der Waals surface area contributed by atoms with Crippen LogP contribution in [-0.2, 0) is 19.9 Å². The van der Waals surface area contributed by atoms with Gasteiger partial charge in [0, 0.05) is 47.4 Å². The second-order valence-corrected chi connectivity index (χ2v) is 12.1. The largest absolute Gasteiger partial charge is 0.492 e. The molecule has 35 heavy (non-hydrogen) atoms. The lowest BCUT2D eigenvalue weighted by Gasteiger charge is -2.14. The van der Waals surface area contributed by atoms with E-state index in [-0.39, 0.29) is 11.4 Å². The number of ether oxygens (including phenoxy) is 1. The van der Waals surface area contributed by atoms with Gasteiger partial charge < -0.3 is 20.1 Å². The fourth-order valence-electron chi connectivity index (χ4n) is 3.81. The molecule has 3 aromatic carbocycles. The van der Waals surface area contributed by atoms with Crippen LogP contribution in [0.5, 0.6) is 5.75 Å². The van der Waals surface area contributed by atoms with Crippen molar-refractivity contribution in [1.82, 2.24) is 10.3 Å². The van der Waals surface area contributed by atoms with Crippen molar-refractivity contribution < 1.29 is 26.7 Å². The van der Waals surface area contributed by atoms with Crippen LogP contribution in [0.25, 0.3) is 21.8 Å². The van der Waals surface area contributed by atoms with Gasteiger partial charge in [0.05, 0.1) is 22.8 Å². The topological polar surface area (TPSA) is 138 Å². The Hall–Kier alpha value is -3.12. The number of rotatable bonds is 10. The Balaban J connectivity index is 1.32. The third-order valence-electron chi connectivity index (χ3n) is 5.43. The molecule has 0 saturated heterocycles. The van der Waals surface area contributed by atoms with Crippen molar-refractivity contribution in [3.05, 3.63) is 66.2 Å². The summed E-state index contributed by atoms with van der Waals surface area (Å²) in [5.74, 6) is 0.661. The summed E-state index contributed by atoms with van der Waals surface area (Å²) in [7, 11) is -6.68. The smallest absolute Gasteiger partial charge is 0.229 e. The van der Waals surface area contributed by atoms with Gasteiger partial charge in [-0.25, -0.2) is 16.8 Å². The number of aliphatic hydroxyl groups excluding tert-OH is 1. The number of hydrogen-bond acceptors (Lipinski definition) is 7. The van der Waals surface area contributed by atoms with Crippen LogP contribution in [0.4, 0.5) is 5.69 Å². The van der Waals surface area contributed by atoms with E-state index >= 15 is 0 Å². The maximum atomic E-state index is 11.8. The van der Waals surface area contributed by atoms with E-state index < -0.39 is 26.0 Å². The Morgan fingerprint density at radius 2 is 1.66 bits per heavy atom. The van der Waals surface area contributed by atoms with Gasteiger partial charge in [0.15, 0.2) is 9.84 Å². The monoisotopic (exact) mass is 517 g/mol. The van der Waals surface area contributed by atoms with Crippen molar-refractivity contribution in [3.63, 3.8) is 0 Å². The van der Waals surface area contributed by atoms with Crippen LogP contribution < -0.4 is 14.8 Å². The molecule has 0 aliphatic rings. The van der Waals surface area contributed by atoms with Crippen molar-refractivity contribution in [2.45, 2.75) is 11.0 Å². The molecule has 1 unspecified atom stereocenters. The highest BCUT2D eigenvalue weighted by Crippen LogP contribution is 2.30. The molecular weight excluding hydrogens is 490 g/mol. The number of sulfonamides is 1. The number of aliphatic hydroxyl groups is 1. The van der Waals surface area contributed by atoms with Crippen LogP contribution in [0.15, 0.2) is 65.6 Å². The molecule has 186 valence electrons. The summed E-state index contributed by atoms with van der Waals surface area (Å²) < 4.78 is 54.6. The maximum absolute atomic E-state index is 11.8. The average Bonchev–Trinajstić information content (AvgIpc) is 3.14. The third kappa shape index (κ3) is 6.31. The van der Waals surface area contributed by atoms with E-state index in [9.17, 15) is 21.9 Å². The first kappa shape index (κ1) is 25.0. The summed E-state index contributed by atoms with van der Waals surface area (Å²) in [4.78, 5) is 3.51. The quantitative estimate of drug-likeness (QED) is 0.237. The fourth-order valence-corrected chi connectivity index (χ4v) is 5.01. The zero-order chi connectivity index (χ0) is 25.2. The van der Waals surface area contributed by atoms with E-state index in [1.807, 2.05) is 18.2 Å². The fraction of sp³-hybridized carbons (Fsp3) is 0.250. The summed E-state index contributed by atoms with van der Waals surface area (Å²) in [5, 5.41) is 15.4. The molecule has 1 heterocycles. The number of aromatic nitrogens is 1. The lowest BCUT2D eigenvalue weighted by molar-refractivity contribution is 0.172. The van der Waals surface area contributed by atoms with Crippen molar-refractivity contribution in [2.75, 3.05) is 36.9 Å². The molecule has 0 spiro atoms. The Labute approximate surface area is 204 Å². The predicted molar refractivity (Wildman–Crippen MR) is 137 cm³/mol. The third-order valence-corrected chi connectivity index (χ3v) is 7.15. The molecule has 0 aliphatic carbocycles. The predicted octanol–water partition coefficient (Wildman–Crippen LogP) is 2.80. The molecule has 1 aromatic heterocycles. The summed E-state index contributed by atoms with van der Waals surface area (Å²) in [6.45, 7) is 1.13. The van der Waals surface area contributed by atoms with Gasteiger partial charge in [-0.1, -0.05) is 18.2 Å². The van der Waals surface area contributed by atoms with Gasteiger partial charge in [0.25, 0.3) is 0 Å². The number of aromatic amines is 1. The van der Waals surface area contributed by atoms with Gasteiger partial charge in [-0.15, -0.1) is 0 Å². The number of hydrogen-bond donors (Lipinski definition) is 4. The minimum absolute atomic E-state index is 0.264. The van der Waals surface area contributed by atoms with Crippen LogP contribution >= 0.6 is 0 Å². The summed E-state index contributed by atoms with van der Waals surface area (Å²) >= 11 is 0. The van der Waals surface area contributed by atoms with E-state index in [2.05, 4.69) is 15.0 Å². The zero-order valence-electron chi connectivity index (χ0n) is 19.3. The standard InChI is InChI=1S/C24H27N3O6S2/c1-34(29,30)19-7-9-21-20-8-6-18(13-22(20)26-23(21)14-19)33-11-10-25-15-24(28)16-4-3-5-17(12-16)27-35(2,31)32/h3-9,12-14,24-28H,10-11,15H2,1-2H3. The van der Waals surface area contributed by atoms with Gasteiger partial charge in [-0.2, -0.15) is 0 Å². The van der Waals surface area contributed by atoms with E-state index in [1.165, 1.54) is 6.26 Å². The van der Waals surface area contributed by atoms with Crippen LogP contribution in [0.1, 0.15) is 11.7 Å². The molecule has 4 rings (SSSR count). The molecule has 4 N–H and O–H groups in total. The van der Waals surface area contributed by atoms with E-state index in [4.69, 9.17) is 4.74 Å². The van der Waals surface area contributed by atoms with Gasteiger partial charge in [-0.3, -0.25) is 4.72 Å². The second-order valence-electron chi connectivity index (χ2n) is 8.38. The molecule has 0 saturated carbocycles. The first-order valence-corrected chi connectivity index (χ1v) is 14.6. The minimum atomic E-state index is -3.39. The molecule has 0 amide bonds. The first-order chi connectivity index (χ1) is 16.5. The number of H-pyrrole nitrogens is 1. The summed E-state index contributed by atoms with van der Waals surface area (Å²) in [6, 6.07) is 17.3. The van der Waals surface area contributed by atoms with Crippen LogP contribution in [0.2, 0.25) is 0 Å². The lowest BCUT2D eigenvalue weighted by atomic mass is 10.1. The van der Waals surface area contributed by atoms with E-state index in [0.717, 1.165) is 28.1 Å². The first-order valence-electron chi connectivity index (χ1n) is 10.8. The van der Waals surface area contributed by atoms with Crippen LogP contribution in [-0.4, -0.2) is 59.1 Å². The average molecular weight is 518 g/mol. The van der Waals surface area contributed by atoms with Crippen molar-refractivity contribution >= 4 is 47.4 Å². The summed E-state index contributed by atoms with van der Waals surface area (Å²) in [5.41, 5.74) is 2.57. The molecule has 4 aromatic rings. The molecule has 11 heteroatoms. The van der Waals surface area contributed by atoms with Gasteiger partial charge in [-0.05, 0) is 42.0 Å². The van der Waals surface area contributed by atoms with Crippen LogP contribution in [0, 0.1) is 0 Å². The second kappa shape index (κ2) is 9.86. The molecule has 1 atom stereocenters. The van der Waals surface area contributed by atoms with Gasteiger partial charge in [0.1, 0.15) is 12.4 Å². The van der Waals surface area contributed by atoms with Crippen molar-refractivity contribution in [2.24, 2.45) is 0 Å². The number of anilines is 1. The number of benzene rings is 3. The zero-order valence-corrected chi connectivity index (χ0v) is 20.9. The normalized spacial score (nSPS) is 13.2. The number of nitrogens with one attached hydrogen (secondary N) is 3. The molecule has 0 aliphatic heterocycles. The van der Waals surface area contributed by atoms with Crippen molar-refractivity contribution in [1.29, 1.82) is 0 Å². The minimum Gasteiger partial charge on any atom is -0.492 e. The Bertz CT molecular complexity index is 1580. The number of fused-ring (bicyclic) bond motifs is 3. The highest BCUT2D eigenvalue weighted by molar-refractivity contribution is 7.92. The molecule has 0 fully saturated rings. The lowest BCUT2D eigenvalue weighted by Crippen LogP contribution is -2.26. The van der Waals surface area contributed by atoms with E-state index in [1.54, 1.807) is 42.5 Å². The Morgan fingerprint density at radius 3 is 2.37 bits per heavy atom. The number of sulfone groups is 1. The van der Waals surface area contributed by atoms with Gasteiger partial charge in [0.2, 0.25) is 10.0 Å². The highest BCUT2D eigenvalue weighted by atomic mass is 32.2. The molecular formula is C24H27N3O6S2. The SMILES string of the molecule is CS(=O)(=O)Nc1cccc(C(O)CNCCOc2ccc3c(c2)[nH]c2cc(S(C)(=O)=O)ccc23)c1. The molecule has 0 bridgehead atoms. The van der Waals surface area contributed by atoms with E-state index in [0.29, 0.717) is 30.2 Å². The van der Waals surface area contributed by atoms with Crippen molar-refractivity contribution in [3.8, 4) is 5.75 Å². The molecule has 9 nitrogen and oxygen atoms in total. The summed E-state index contributed by atoms with van der Waals surface area (Å²) in [6.07, 6.45) is 1.45. The maximum Gasteiger partial charge on any atom is 0.229 e.